The Morgan fingerprint density at radius 1 is 1.33 bits per heavy atom. The molecule has 1 aromatic carbocycles. The number of rotatable bonds is 8. The average Bonchev–Trinajstić information content (AvgIpc) is 3.17. The molecule has 1 N–H and O–H groups in total. The van der Waals surface area contributed by atoms with E-state index in [1.165, 1.54) is 36.3 Å². The molecule has 1 saturated heterocycles. The van der Waals surface area contributed by atoms with Gasteiger partial charge in [-0.05, 0) is 49.8 Å². The van der Waals surface area contributed by atoms with Gasteiger partial charge < -0.3 is 10.1 Å². The van der Waals surface area contributed by atoms with E-state index in [4.69, 9.17) is 4.74 Å². The van der Waals surface area contributed by atoms with Crippen molar-refractivity contribution < 1.29 is 4.74 Å². The third-order valence-electron chi connectivity index (χ3n) is 4.31. The quantitative estimate of drug-likeness (QED) is 0.798. The van der Waals surface area contributed by atoms with Gasteiger partial charge in [0.15, 0.2) is 0 Å². The summed E-state index contributed by atoms with van der Waals surface area (Å²) in [5.41, 5.74) is 1.32. The molecule has 3 rings (SSSR count). The van der Waals surface area contributed by atoms with Crippen molar-refractivity contribution in [2.75, 3.05) is 31.7 Å². The summed E-state index contributed by atoms with van der Waals surface area (Å²) in [7, 11) is 2.22. The number of hydrogen-bond donors (Lipinski definition) is 1. The molecule has 1 aliphatic carbocycles. The van der Waals surface area contributed by atoms with E-state index in [0.717, 1.165) is 37.5 Å². The lowest BCUT2D eigenvalue weighted by molar-refractivity contribution is 0.202. The Morgan fingerprint density at radius 2 is 2.24 bits per heavy atom. The molecule has 4 heteroatoms. The normalized spacial score (nSPS) is 21.9. The molecule has 0 bridgehead atoms. The predicted molar refractivity (Wildman–Crippen MR) is 90.2 cm³/mol. The maximum Gasteiger partial charge on any atom is 0.119 e. The van der Waals surface area contributed by atoms with Crippen LogP contribution in [0.15, 0.2) is 24.3 Å². The van der Waals surface area contributed by atoms with E-state index in [9.17, 15) is 0 Å². The van der Waals surface area contributed by atoms with Crippen LogP contribution in [0, 0.1) is 0 Å². The standard InChI is InChI=1S/C17H26N2OS/c1-19(16-7-10-21-13-16)8-9-20-17-4-2-3-14(11-17)12-18-15-5-6-15/h2-4,11,15-16,18H,5-10,12-13H2,1H3. The summed E-state index contributed by atoms with van der Waals surface area (Å²) >= 11 is 2.07. The number of nitrogens with zero attached hydrogens (tertiary/aromatic N) is 1. The second kappa shape index (κ2) is 7.52. The van der Waals surface area contributed by atoms with Crippen molar-refractivity contribution in [1.29, 1.82) is 0 Å². The first-order valence-corrected chi connectivity index (χ1v) is 9.20. The van der Waals surface area contributed by atoms with Crippen molar-refractivity contribution in [2.24, 2.45) is 0 Å². The Morgan fingerprint density at radius 3 is 3.00 bits per heavy atom. The minimum Gasteiger partial charge on any atom is -0.492 e. The molecule has 116 valence electrons. The summed E-state index contributed by atoms with van der Waals surface area (Å²) in [4.78, 5) is 2.44. The Labute approximate surface area is 132 Å². The largest absolute Gasteiger partial charge is 0.492 e. The van der Waals surface area contributed by atoms with Crippen molar-refractivity contribution in [3.05, 3.63) is 29.8 Å². The van der Waals surface area contributed by atoms with Gasteiger partial charge in [0.1, 0.15) is 12.4 Å². The first kappa shape index (κ1) is 15.2. The summed E-state index contributed by atoms with van der Waals surface area (Å²) < 4.78 is 5.92. The van der Waals surface area contributed by atoms with E-state index in [0.29, 0.717) is 0 Å². The number of nitrogens with one attached hydrogen (secondary N) is 1. The summed E-state index contributed by atoms with van der Waals surface area (Å²) in [6.45, 7) is 2.74. The van der Waals surface area contributed by atoms with Gasteiger partial charge in [0.25, 0.3) is 0 Å². The number of likely N-dealkylation sites (N-methyl/N-ethyl adjacent to an activating group) is 1. The fourth-order valence-electron chi connectivity index (χ4n) is 2.65. The lowest BCUT2D eigenvalue weighted by Gasteiger charge is -2.23. The van der Waals surface area contributed by atoms with Crippen LogP contribution in [-0.4, -0.2) is 48.7 Å². The summed E-state index contributed by atoms with van der Waals surface area (Å²) in [6.07, 6.45) is 3.99. The van der Waals surface area contributed by atoms with Crippen LogP contribution in [0.2, 0.25) is 0 Å². The van der Waals surface area contributed by atoms with E-state index in [2.05, 4.69) is 53.3 Å². The molecule has 1 unspecified atom stereocenters. The molecule has 1 heterocycles. The summed E-state index contributed by atoms with van der Waals surface area (Å²) in [5, 5.41) is 3.55. The van der Waals surface area contributed by atoms with Gasteiger partial charge in [-0.15, -0.1) is 0 Å². The zero-order valence-corrected chi connectivity index (χ0v) is 13.7. The van der Waals surface area contributed by atoms with Gasteiger partial charge in [0.05, 0.1) is 0 Å². The fraction of sp³-hybridized carbons (Fsp3) is 0.647. The highest BCUT2D eigenvalue weighted by atomic mass is 32.2. The fourth-order valence-corrected chi connectivity index (χ4v) is 3.95. The lowest BCUT2D eigenvalue weighted by atomic mass is 10.2. The van der Waals surface area contributed by atoms with E-state index in [1.54, 1.807) is 0 Å². The van der Waals surface area contributed by atoms with Gasteiger partial charge in [-0.25, -0.2) is 0 Å². The van der Waals surface area contributed by atoms with E-state index < -0.39 is 0 Å². The van der Waals surface area contributed by atoms with Gasteiger partial charge in [0.2, 0.25) is 0 Å². The molecule has 1 atom stereocenters. The second-order valence-corrected chi connectivity index (χ2v) is 7.30. The van der Waals surface area contributed by atoms with Crippen LogP contribution in [-0.2, 0) is 6.54 Å². The zero-order valence-electron chi connectivity index (χ0n) is 12.9. The Kier molecular flexibility index (Phi) is 5.44. The molecule has 1 aliphatic heterocycles. The van der Waals surface area contributed by atoms with Gasteiger partial charge >= 0.3 is 0 Å². The molecule has 3 nitrogen and oxygen atoms in total. The van der Waals surface area contributed by atoms with Gasteiger partial charge in [0, 0.05) is 30.9 Å². The monoisotopic (exact) mass is 306 g/mol. The third-order valence-corrected chi connectivity index (χ3v) is 5.46. The molecule has 0 spiro atoms. The molecule has 0 aromatic heterocycles. The summed E-state index contributed by atoms with van der Waals surface area (Å²) in [5.74, 6) is 3.59. The second-order valence-electron chi connectivity index (χ2n) is 6.15. The maximum absolute atomic E-state index is 5.92. The molecule has 2 aliphatic rings. The minimum atomic E-state index is 0.743. The molecule has 1 aromatic rings. The minimum absolute atomic E-state index is 0.743. The topological polar surface area (TPSA) is 24.5 Å². The van der Waals surface area contributed by atoms with Gasteiger partial charge in [-0.3, -0.25) is 4.90 Å². The van der Waals surface area contributed by atoms with Gasteiger partial charge in [-0.1, -0.05) is 12.1 Å². The van der Waals surface area contributed by atoms with Crippen LogP contribution in [0.5, 0.6) is 5.75 Å². The zero-order chi connectivity index (χ0) is 14.5. The van der Waals surface area contributed by atoms with Crippen LogP contribution in [0.3, 0.4) is 0 Å². The van der Waals surface area contributed by atoms with Crippen molar-refractivity contribution in [1.82, 2.24) is 10.2 Å². The highest BCUT2D eigenvalue weighted by Gasteiger charge is 2.20. The molecule has 1 saturated carbocycles. The van der Waals surface area contributed by atoms with Crippen LogP contribution in [0.1, 0.15) is 24.8 Å². The van der Waals surface area contributed by atoms with Crippen molar-refractivity contribution in [3.63, 3.8) is 0 Å². The number of hydrogen-bond acceptors (Lipinski definition) is 4. The van der Waals surface area contributed by atoms with Crippen LogP contribution in [0.25, 0.3) is 0 Å². The highest BCUT2D eigenvalue weighted by Crippen LogP contribution is 2.22. The molecular formula is C17H26N2OS. The van der Waals surface area contributed by atoms with E-state index in [1.807, 2.05) is 0 Å². The van der Waals surface area contributed by atoms with E-state index >= 15 is 0 Å². The molecule has 0 radical (unpaired) electrons. The van der Waals surface area contributed by atoms with Crippen LogP contribution in [0.4, 0.5) is 0 Å². The Balaban J connectivity index is 1.40. The predicted octanol–water partition coefficient (Wildman–Crippen LogP) is 2.75. The average molecular weight is 306 g/mol. The Hall–Kier alpha value is -0.710. The van der Waals surface area contributed by atoms with Crippen LogP contribution >= 0.6 is 11.8 Å². The highest BCUT2D eigenvalue weighted by molar-refractivity contribution is 7.99. The van der Waals surface area contributed by atoms with E-state index in [-0.39, 0.29) is 0 Å². The Bertz CT molecular complexity index is 444. The van der Waals surface area contributed by atoms with Crippen LogP contribution < -0.4 is 10.1 Å². The van der Waals surface area contributed by atoms with Crippen molar-refractivity contribution in [3.8, 4) is 5.75 Å². The number of benzene rings is 1. The SMILES string of the molecule is CN(CCOc1cccc(CNC2CC2)c1)C1CCSC1. The molecule has 2 fully saturated rings. The molecule has 21 heavy (non-hydrogen) atoms. The number of ether oxygens (including phenoxy) is 1. The lowest BCUT2D eigenvalue weighted by Crippen LogP contribution is -2.34. The van der Waals surface area contributed by atoms with Crippen molar-refractivity contribution in [2.45, 2.75) is 37.9 Å². The first-order valence-electron chi connectivity index (χ1n) is 8.04. The third kappa shape index (κ3) is 4.90. The molecule has 0 amide bonds. The maximum atomic E-state index is 5.92. The smallest absolute Gasteiger partial charge is 0.119 e. The first-order chi connectivity index (χ1) is 10.3. The summed E-state index contributed by atoms with van der Waals surface area (Å²) in [6, 6.07) is 9.99. The van der Waals surface area contributed by atoms with Crippen molar-refractivity contribution >= 4 is 11.8 Å². The number of thioether (sulfide) groups is 1. The molecular weight excluding hydrogens is 280 g/mol. The van der Waals surface area contributed by atoms with Gasteiger partial charge in [-0.2, -0.15) is 11.8 Å².